The third-order valence-electron chi connectivity index (χ3n) is 5.83. The van der Waals surface area contributed by atoms with Gasteiger partial charge >= 0.3 is 0 Å². The van der Waals surface area contributed by atoms with Crippen LogP contribution >= 0.6 is 0 Å². The average molecular weight is 278 g/mol. The normalized spacial score (nSPS) is 36.9. The Hall–Kier alpha value is -0.410. The van der Waals surface area contributed by atoms with Gasteiger partial charge in [0, 0.05) is 31.5 Å². The van der Waals surface area contributed by atoms with Crippen LogP contribution in [0.5, 0.6) is 0 Å². The van der Waals surface area contributed by atoms with Crippen molar-refractivity contribution < 1.29 is 4.79 Å². The molecule has 1 aliphatic carbocycles. The maximum absolute atomic E-state index is 12.1. The molecule has 3 nitrogen and oxygen atoms in total. The van der Waals surface area contributed by atoms with E-state index in [1.54, 1.807) is 0 Å². The van der Waals surface area contributed by atoms with Gasteiger partial charge in [-0.25, -0.2) is 0 Å². The van der Waals surface area contributed by atoms with Gasteiger partial charge in [0.2, 0.25) is 0 Å². The van der Waals surface area contributed by atoms with Crippen LogP contribution in [0.25, 0.3) is 0 Å². The second kappa shape index (κ2) is 6.57. The van der Waals surface area contributed by atoms with Crippen molar-refractivity contribution in [3.63, 3.8) is 0 Å². The minimum absolute atomic E-state index is 0.339. The zero-order valence-electron chi connectivity index (χ0n) is 13.0. The molecule has 0 aromatic carbocycles. The van der Waals surface area contributed by atoms with Crippen molar-refractivity contribution in [1.82, 2.24) is 9.80 Å². The molecule has 0 bridgehead atoms. The molecule has 0 spiro atoms. The van der Waals surface area contributed by atoms with E-state index in [4.69, 9.17) is 0 Å². The highest BCUT2D eigenvalue weighted by Gasteiger charge is 2.33. The molecule has 3 aliphatic rings. The lowest BCUT2D eigenvalue weighted by atomic mass is 9.79. The van der Waals surface area contributed by atoms with Gasteiger partial charge in [0.05, 0.1) is 0 Å². The molecule has 3 heteroatoms. The Morgan fingerprint density at radius 2 is 1.95 bits per heavy atom. The summed E-state index contributed by atoms with van der Waals surface area (Å²) in [4.78, 5) is 17.4. The molecule has 3 fully saturated rings. The predicted octanol–water partition coefficient (Wildman–Crippen LogP) is 2.55. The highest BCUT2D eigenvalue weighted by Crippen LogP contribution is 2.30. The van der Waals surface area contributed by atoms with Crippen LogP contribution in [0.4, 0.5) is 0 Å². The molecule has 0 amide bonds. The van der Waals surface area contributed by atoms with Crippen molar-refractivity contribution in [2.75, 3.05) is 32.7 Å². The minimum Gasteiger partial charge on any atom is -0.301 e. The summed E-state index contributed by atoms with van der Waals surface area (Å²) in [6, 6.07) is 0.776. The average Bonchev–Trinajstić information content (AvgIpc) is 3.12. The predicted molar refractivity (Wildman–Crippen MR) is 81.8 cm³/mol. The lowest BCUT2D eigenvalue weighted by molar-refractivity contribution is -0.126. The Morgan fingerprint density at radius 3 is 2.70 bits per heavy atom. The molecule has 3 rings (SSSR count). The van der Waals surface area contributed by atoms with Crippen LogP contribution < -0.4 is 0 Å². The maximum Gasteiger partial charge on any atom is 0.137 e. The maximum atomic E-state index is 12.1. The summed E-state index contributed by atoms with van der Waals surface area (Å²) < 4.78 is 0. The number of carbonyl (C=O) groups excluding carboxylic acids is 1. The Balaban J connectivity index is 1.49. The number of likely N-dealkylation sites (tertiary alicyclic amines) is 2. The lowest BCUT2D eigenvalue weighted by Crippen LogP contribution is -2.39. The highest BCUT2D eigenvalue weighted by molar-refractivity contribution is 5.81. The van der Waals surface area contributed by atoms with Crippen LogP contribution in [0.15, 0.2) is 0 Å². The third kappa shape index (κ3) is 3.25. The molecule has 2 saturated heterocycles. The summed E-state index contributed by atoms with van der Waals surface area (Å²) in [5.74, 6) is 1.68. The smallest absolute Gasteiger partial charge is 0.137 e. The van der Waals surface area contributed by atoms with E-state index in [2.05, 4.69) is 16.7 Å². The van der Waals surface area contributed by atoms with E-state index in [9.17, 15) is 4.79 Å². The van der Waals surface area contributed by atoms with Crippen LogP contribution in [0, 0.1) is 11.8 Å². The number of carbonyl (C=O) groups is 1. The molecular formula is C17H30N2O. The molecule has 0 aromatic heterocycles. The molecule has 2 heterocycles. The van der Waals surface area contributed by atoms with Crippen molar-refractivity contribution in [1.29, 1.82) is 0 Å². The fourth-order valence-electron chi connectivity index (χ4n) is 4.44. The second-order valence-corrected chi connectivity index (χ2v) is 7.16. The van der Waals surface area contributed by atoms with Gasteiger partial charge < -0.3 is 4.90 Å². The molecule has 20 heavy (non-hydrogen) atoms. The number of hydrogen-bond acceptors (Lipinski definition) is 3. The topological polar surface area (TPSA) is 23.6 Å². The quantitative estimate of drug-likeness (QED) is 0.789. The summed E-state index contributed by atoms with van der Waals surface area (Å²) in [6.07, 6.45) is 8.47. The van der Waals surface area contributed by atoms with E-state index in [0.717, 1.165) is 37.8 Å². The Labute approximate surface area is 123 Å². The number of nitrogens with zero attached hydrogens (tertiary/aromatic N) is 2. The summed E-state index contributed by atoms with van der Waals surface area (Å²) in [5, 5.41) is 0. The third-order valence-corrected chi connectivity index (χ3v) is 5.83. The van der Waals surface area contributed by atoms with Crippen molar-refractivity contribution in [2.24, 2.45) is 11.8 Å². The van der Waals surface area contributed by atoms with Crippen molar-refractivity contribution in [3.05, 3.63) is 0 Å². The first kappa shape index (κ1) is 14.5. The van der Waals surface area contributed by atoms with Crippen molar-refractivity contribution in [2.45, 2.75) is 57.9 Å². The zero-order chi connectivity index (χ0) is 13.9. The van der Waals surface area contributed by atoms with Crippen molar-refractivity contribution in [3.8, 4) is 0 Å². The number of rotatable bonds is 4. The number of hydrogen-bond donors (Lipinski definition) is 0. The molecule has 1 saturated carbocycles. The zero-order valence-corrected chi connectivity index (χ0v) is 13.0. The number of ketones is 1. The van der Waals surface area contributed by atoms with E-state index in [-0.39, 0.29) is 0 Å². The lowest BCUT2D eigenvalue weighted by Gasteiger charge is -2.31. The van der Waals surface area contributed by atoms with E-state index in [1.165, 1.54) is 51.9 Å². The van der Waals surface area contributed by atoms with Gasteiger partial charge in [0.1, 0.15) is 5.78 Å². The monoisotopic (exact) mass is 278 g/mol. The first-order valence-corrected chi connectivity index (χ1v) is 8.75. The fraction of sp³-hybridized carbons (Fsp3) is 0.941. The molecule has 0 N–H and O–H groups in total. The standard InChI is InChI=1S/C17H30N2O/c1-2-14-5-6-17(20)15(11-14)12-18-10-7-16(13-18)19-8-3-4-9-19/h14-16H,2-13H2,1H3. The minimum atomic E-state index is 0.339. The van der Waals surface area contributed by atoms with E-state index in [1.807, 2.05) is 0 Å². The van der Waals surface area contributed by atoms with E-state index in [0.29, 0.717) is 11.7 Å². The van der Waals surface area contributed by atoms with Gasteiger partial charge in [-0.1, -0.05) is 13.3 Å². The highest BCUT2D eigenvalue weighted by atomic mass is 16.1. The van der Waals surface area contributed by atoms with Gasteiger partial charge in [-0.15, -0.1) is 0 Å². The Morgan fingerprint density at radius 1 is 1.15 bits per heavy atom. The van der Waals surface area contributed by atoms with Gasteiger partial charge in [0.15, 0.2) is 0 Å². The SMILES string of the molecule is CCC1CCC(=O)C(CN2CCC(N3CCCC3)C2)C1. The molecule has 0 radical (unpaired) electrons. The van der Waals surface area contributed by atoms with Crippen molar-refractivity contribution >= 4 is 5.78 Å². The van der Waals surface area contributed by atoms with Gasteiger partial charge in [0.25, 0.3) is 0 Å². The number of Topliss-reactive ketones (excluding diaryl/α,β-unsaturated/α-hetero) is 1. The summed E-state index contributed by atoms with van der Waals surface area (Å²) >= 11 is 0. The van der Waals surface area contributed by atoms with Gasteiger partial charge in [-0.3, -0.25) is 9.69 Å². The van der Waals surface area contributed by atoms with Crippen LogP contribution in [-0.2, 0) is 4.79 Å². The van der Waals surface area contributed by atoms with Crippen LogP contribution in [0.1, 0.15) is 51.9 Å². The molecule has 2 aliphatic heterocycles. The second-order valence-electron chi connectivity index (χ2n) is 7.16. The van der Waals surface area contributed by atoms with Crippen LogP contribution in [0.2, 0.25) is 0 Å². The Bertz CT molecular complexity index is 338. The summed E-state index contributed by atoms with van der Waals surface area (Å²) in [5.41, 5.74) is 0. The Kier molecular flexibility index (Phi) is 4.77. The molecular weight excluding hydrogens is 248 g/mol. The van der Waals surface area contributed by atoms with E-state index >= 15 is 0 Å². The van der Waals surface area contributed by atoms with Gasteiger partial charge in [-0.2, -0.15) is 0 Å². The van der Waals surface area contributed by atoms with Crippen LogP contribution in [-0.4, -0.2) is 54.3 Å². The molecule has 3 atom stereocenters. The fourth-order valence-corrected chi connectivity index (χ4v) is 4.44. The van der Waals surface area contributed by atoms with Gasteiger partial charge in [-0.05, 0) is 57.7 Å². The van der Waals surface area contributed by atoms with Crippen LogP contribution in [0.3, 0.4) is 0 Å². The first-order valence-electron chi connectivity index (χ1n) is 8.75. The molecule has 3 unspecified atom stereocenters. The molecule has 114 valence electrons. The largest absolute Gasteiger partial charge is 0.301 e. The first-order chi connectivity index (χ1) is 9.76. The molecule has 0 aromatic rings. The summed E-state index contributed by atoms with van der Waals surface area (Å²) in [6.45, 7) is 8.34. The summed E-state index contributed by atoms with van der Waals surface area (Å²) in [7, 11) is 0. The van der Waals surface area contributed by atoms with E-state index < -0.39 is 0 Å².